The summed E-state index contributed by atoms with van der Waals surface area (Å²) in [5, 5.41) is 3.21. The van der Waals surface area contributed by atoms with E-state index in [1.165, 1.54) is 6.42 Å². The number of hydrogen-bond donors (Lipinski definition) is 0. The highest BCUT2D eigenvalue weighted by Crippen LogP contribution is 2.48. The summed E-state index contributed by atoms with van der Waals surface area (Å²) in [6.07, 6.45) is 2.60. The zero-order valence-corrected chi connectivity index (χ0v) is 19.8. The van der Waals surface area contributed by atoms with Gasteiger partial charge in [0.15, 0.2) is 6.10 Å². The molecule has 0 aliphatic carbocycles. The van der Waals surface area contributed by atoms with Gasteiger partial charge in [0.05, 0.1) is 11.7 Å². The first-order chi connectivity index (χ1) is 16.1. The number of carbonyl (C=O) groups is 1. The van der Waals surface area contributed by atoms with Crippen LogP contribution in [0, 0.1) is 0 Å². The van der Waals surface area contributed by atoms with Crippen molar-refractivity contribution in [2.24, 2.45) is 0 Å². The number of likely N-dealkylation sites (tertiary alicyclic amines) is 1. The van der Waals surface area contributed by atoms with E-state index in [1.807, 2.05) is 76.7 Å². The normalized spacial score (nSPS) is 23.0. The third-order valence-electron chi connectivity index (χ3n) is 6.53. The standard InChI is InChI=1S/C27H26Cl2N2O2/c28-21-11-9-19(10-12-21)24-25(20-7-3-1-4-8-20)31(23-15-13-22(29)14-16-23)33-26(24)27(32)30-17-5-2-6-18-30/h1,3-4,7-16,24-26H,2,5-6,17-18H2/t24-,25-,26-/m0/s1. The van der Waals surface area contributed by atoms with Gasteiger partial charge >= 0.3 is 0 Å². The number of nitrogens with zero attached hydrogens (tertiary/aromatic N) is 2. The molecule has 0 aromatic heterocycles. The molecule has 33 heavy (non-hydrogen) atoms. The predicted octanol–water partition coefficient (Wildman–Crippen LogP) is 6.65. The van der Waals surface area contributed by atoms with E-state index in [9.17, 15) is 4.79 Å². The topological polar surface area (TPSA) is 32.8 Å². The van der Waals surface area contributed by atoms with Crippen LogP contribution in [-0.2, 0) is 9.63 Å². The van der Waals surface area contributed by atoms with Gasteiger partial charge in [-0.05, 0) is 66.8 Å². The van der Waals surface area contributed by atoms with Gasteiger partial charge in [-0.2, -0.15) is 0 Å². The Morgan fingerprint density at radius 3 is 2.00 bits per heavy atom. The van der Waals surface area contributed by atoms with Crippen molar-refractivity contribution in [2.75, 3.05) is 18.2 Å². The summed E-state index contributed by atoms with van der Waals surface area (Å²) < 4.78 is 0. The van der Waals surface area contributed by atoms with Crippen LogP contribution in [0.2, 0.25) is 10.0 Å². The average molecular weight is 481 g/mol. The van der Waals surface area contributed by atoms with Crippen LogP contribution in [0.25, 0.3) is 0 Å². The van der Waals surface area contributed by atoms with Gasteiger partial charge in [0.2, 0.25) is 0 Å². The molecular weight excluding hydrogens is 455 g/mol. The van der Waals surface area contributed by atoms with Crippen LogP contribution < -0.4 is 5.06 Å². The summed E-state index contributed by atoms with van der Waals surface area (Å²) in [6.45, 7) is 1.56. The highest BCUT2D eigenvalue weighted by Gasteiger charge is 2.49. The smallest absolute Gasteiger partial charge is 0.255 e. The Bertz CT molecular complexity index is 1080. The van der Waals surface area contributed by atoms with E-state index in [0.29, 0.717) is 10.0 Å². The summed E-state index contributed by atoms with van der Waals surface area (Å²) in [7, 11) is 0. The van der Waals surface area contributed by atoms with Crippen molar-refractivity contribution in [3.05, 3.63) is 100 Å². The summed E-state index contributed by atoms with van der Waals surface area (Å²) in [6, 6.07) is 25.4. The van der Waals surface area contributed by atoms with Crippen LogP contribution in [0.15, 0.2) is 78.9 Å². The number of carbonyl (C=O) groups excluding carboxylic acids is 1. The van der Waals surface area contributed by atoms with E-state index in [4.69, 9.17) is 28.0 Å². The lowest BCUT2D eigenvalue weighted by Crippen LogP contribution is -2.44. The minimum Gasteiger partial charge on any atom is -0.340 e. The van der Waals surface area contributed by atoms with Crippen LogP contribution in [0.3, 0.4) is 0 Å². The molecule has 0 bridgehead atoms. The fraction of sp³-hybridized carbons (Fsp3) is 0.296. The Balaban J connectivity index is 1.61. The zero-order chi connectivity index (χ0) is 22.8. The van der Waals surface area contributed by atoms with Crippen molar-refractivity contribution >= 4 is 34.8 Å². The number of hydroxylamine groups is 1. The van der Waals surface area contributed by atoms with Gasteiger partial charge in [-0.3, -0.25) is 9.63 Å². The van der Waals surface area contributed by atoms with E-state index >= 15 is 0 Å². The number of benzene rings is 3. The highest BCUT2D eigenvalue weighted by molar-refractivity contribution is 6.30. The van der Waals surface area contributed by atoms with Gasteiger partial charge in [0.1, 0.15) is 0 Å². The van der Waals surface area contributed by atoms with E-state index in [0.717, 1.165) is 42.7 Å². The summed E-state index contributed by atoms with van der Waals surface area (Å²) in [5.74, 6) is -0.151. The summed E-state index contributed by atoms with van der Waals surface area (Å²) in [4.78, 5) is 22.3. The summed E-state index contributed by atoms with van der Waals surface area (Å²) >= 11 is 12.4. The molecule has 2 saturated heterocycles. The van der Waals surface area contributed by atoms with Gasteiger partial charge < -0.3 is 4.90 Å². The number of hydrogen-bond acceptors (Lipinski definition) is 3. The molecule has 3 aromatic rings. The van der Waals surface area contributed by atoms with Gasteiger partial charge in [-0.1, -0.05) is 65.7 Å². The number of piperidine rings is 1. The van der Waals surface area contributed by atoms with Crippen LogP contribution >= 0.6 is 23.2 Å². The first kappa shape index (κ1) is 22.3. The van der Waals surface area contributed by atoms with Gasteiger partial charge in [0, 0.05) is 29.1 Å². The third kappa shape index (κ3) is 4.61. The first-order valence-electron chi connectivity index (χ1n) is 11.4. The first-order valence-corrected chi connectivity index (χ1v) is 12.2. The van der Waals surface area contributed by atoms with Crippen molar-refractivity contribution in [1.29, 1.82) is 0 Å². The molecule has 0 radical (unpaired) electrons. The fourth-order valence-corrected chi connectivity index (χ4v) is 5.15. The predicted molar refractivity (Wildman–Crippen MR) is 133 cm³/mol. The van der Waals surface area contributed by atoms with E-state index < -0.39 is 6.10 Å². The molecule has 2 fully saturated rings. The van der Waals surface area contributed by atoms with Crippen LogP contribution in [0.1, 0.15) is 42.3 Å². The molecule has 3 aromatic carbocycles. The Hall–Kier alpha value is -2.53. The molecule has 2 aliphatic heterocycles. The lowest BCUT2D eigenvalue weighted by molar-refractivity contribution is -0.143. The number of anilines is 1. The van der Waals surface area contributed by atoms with Crippen molar-refractivity contribution < 1.29 is 9.63 Å². The maximum absolute atomic E-state index is 13.8. The number of rotatable bonds is 4. The molecule has 3 atom stereocenters. The summed E-state index contributed by atoms with van der Waals surface area (Å²) in [5.41, 5.74) is 2.97. The molecule has 5 rings (SSSR count). The maximum Gasteiger partial charge on any atom is 0.255 e. The number of halogens is 2. The molecule has 4 nitrogen and oxygen atoms in total. The second-order valence-electron chi connectivity index (χ2n) is 8.65. The quantitative estimate of drug-likeness (QED) is 0.418. The average Bonchev–Trinajstić information content (AvgIpc) is 3.26. The monoisotopic (exact) mass is 480 g/mol. The number of amides is 1. The molecule has 0 N–H and O–H groups in total. The minimum atomic E-state index is -0.634. The highest BCUT2D eigenvalue weighted by atomic mass is 35.5. The van der Waals surface area contributed by atoms with E-state index in [1.54, 1.807) is 0 Å². The largest absolute Gasteiger partial charge is 0.340 e. The second-order valence-corrected chi connectivity index (χ2v) is 9.52. The molecular formula is C27H26Cl2N2O2. The van der Waals surface area contributed by atoms with Crippen molar-refractivity contribution in [3.8, 4) is 0 Å². The Morgan fingerprint density at radius 2 is 1.36 bits per heavy atom. The van der Waals surface area contributed by atoms with Gasteiger partial charge in [-0.25, -0.2) is 5.06 Å². The van der Waals surface area contributed by atoms with Crippen molar-refractivity contribution in [1.82, 2.24) is 4.90 Å². The van der Waals surface area contributed by atoms with Gasteiger partial charge in [-0.15, -0.1) is 0 Å². The Kier molecular flexibility index (Phi) is 6.59. The molecule has 0 unspecified atom stereocenters. The van der Waals surface area contributed by atoms with E-state index in [-0.39, 0.29) is 17.9 Å². The van der Waals surface area contributed by atoms with Crippen molar-refractivity contribution in [2.45, 2.75) is 37.3 Å². The van der Waals surface area contributed by atoms with E-state index in [2.05, 4.69) is 12.1 Å². The molecule has 0 spiro atoms. The van der Waals surface area contributed by atoms with Crippen molar-refractivity contribution in [3.63, 3.8) is 0 Å². The van der Waals surface area contributed by atoms with Crippen LogP contribution in [-0.4, -0.2) is 30.0 Å². The molecule has 1 amide bonds. The molecule has 170 valence electrons. The third-order valence-corrected chi connectivity index (χ3v) is 7.04. The Morgan fingerprint density at radius 1 is 0.758 bits per heavy atom. The lowest BCUT2D eigenvalue weighted by Gasteiger charge is -2.30. The lowest BCUT2D eigenvalue weighted by atomic mass is 9.83. The minimum absolute atomic E-state index is 0.0482. The molecule has 2 heterocycles. The Labute approximate surface area is 204 Å². The molecule has 6 heteroatoms. The maximum atomic E-state index is 13.8. The fourth-order valence-electron chi connectivity index (χ4n) is 4.90. The van der Waals surface area contributed by atoms with Crippen LogP contribution in [0.5, 0.6) is 0 Å². The van der Waals surface area contributed by atoms with Gasteiger partial charge in [0.25, 0.3) is 5.91 Å². The molecule has 0 saturated carbocycles. The molecule has 2 aliphatic rings. The van der Waals surface area contributed by atoms with Crippen LogP contribution in [0.4, 0.5) is 5.69 Å². The SMILES string of the molecule is O=C([C@H]1ON(c2ccc(Cl)cc2)[C@@H](c2ccccc2)[C@@H]1c1ccc(Cl)cc1)N1CCCCC1. The zero-order valence-electron chi connectivity index (χ0n) is 18.2. The second kappa shape index (κ2) is 9.76.